The predicted octanol–water partition coefficient (Wildman–Crippen LogP) is 0.999. The second-order valence-electron chi connectivity index (χ2n) is 4.56. The quantitative estimate of drug-likeness (QED) is 0.713. The van der Waals surface area contributed by atoms with E-state index in [0.717, 1.165) is 32.5 Å². The third-order valence-corrected chi connectivity index (χ3v) is 3.15. The van der Waals surface area contributed by atoms with E-state index in [9.17, 15) is 4.79 Å². The minimum Gasteiger partial charge on any atom is -0.466 e. The number of likely N-dealkylation sites (tertiary alicyclic amines) is 1. The molecule has 1 aliphatic rings. The van der Waals surface area contributed by atoms with Gasteiger partial charge in [-0.25, -0.2) is 0 Å². The number of rotatable bonds is 5. The second kappa shape index (κ2) is 6.86. The number of hydrogen-bond donors (Lipinski definition) is 1. The van der Waals surface area contributed by atoms with Crippen molar-refractivity contribution in [3.63, 3.8) is 0 Å². The molecule has 1 saturated heterocycles. The zero-order valence-corrected chi connectivity index (χ0v) is 10.4. The van der Waals surface area contributed by atoms with Gasteiger partial charge in [0.1, 0.15) is 0 Å². The van der Waals surface area contributed by atoms with Crippen LogP contribution in [0.1, 0.15) is 33.1 Å². The summed E-state index contributed by atoms with van der Waals surface area (Å²) in [5.74, 6) is 0.470. The van der Waals surface area contributed by atoms with E-state index in [1.807, 2.05) is 6.92 Å². The zero-order valence-electron chi connectivity index (χ0n) is 10.4. The minimum atomic E-state index is -0.0790. The monoisotopic (exact) mass is 228 g/mol. The molecule has 1 fully saturated rings. The van der Waals surface area contributed by atoms with Crippen LogP contribution >= 0.6 is 0 Å². The Bertz CT molecular complexity index is 221. The summed E-state index contributed by atoms with van der Waals surface area (Å²) >= 11 is 0. The fourth-order valence-electron chi connectivity index (χ4n) is 2.37. The first kappa shape index (κ1) is 13.5. The van der Waals surface area contributed by atoms with Crippen molar-refractivity contribution in [3.8, 4) is 0 Å². The number of ether oxygens (including phenoxy) is 1. The summed E-state index contributed by atoms with van der Waals surface area (Å²) in [5.41, 5.74) is 6.00. The summed E-state index contributed by atoms with van der Waals surface area (Å²) in [7, 11) is 0. The largest absolute Gasteiger partial charge is 0.466 e. The molecule has 0 spiro atoms. The van der Waals surface area contributed by atoms with Crippen molar-refractivity contribution in [3.05, 3.63) is 0 Å². The summed E-state index contributed by atoms with van der Waals surface area (Å²) in [6.07, 6.45) is 2.47. The summed E-state index contributed by atoms with van der Waals surface area (Å²) in [6, 6.07) is 0.265. The number of carbonyl (C=O) groups excluding carboxylic acids is 1. The highest BCUT2D eigenvalue weighted by Gasteiger charge is 2.24. The van der Waals surface area contributed by atoms with Gasteiger partial charge in [0.05, 0.1) is 6.61 Å². The molecule has 94 valence electrons. The minimum absolute atomic E-state index is 0.0790. The smallest absolute Gasteiger partial charge is 0.305 e. The Morgan fingerprint density at radius 3 is 2.81 bits per heavy atom. The van der Waals surface area contributed by atoms with Gasteiger partial charge in [-0.3, -0.25) is 4.79 Å². The van der Waals surface area contributed by atoms with Crippen LogP contribution in [0.3, 0.4) is 0 Å². The number of likely N-dealkylation sites (N-methyl/N-ethyl adjacent to an activating group) is 1. The lowest BCUT2D eigenvalue weighted by molar-refractivity contribution is -0.143. The molecule has 0 amide bonds. The lowest BCUT2D eigenvalue weighted by Crippen LogP contribution is -2.46. The zero-order chi connectivity index (χ0) is 12.0. The maximum Gasteiger partial charge on any atom is 0.305 e. The molecule has 16 heavy (non-hydrogen) atoms. The van der Waals surface area contributed by atoms with E-state index in [0.29, 0.717) is 18.9 Å². The second-order valence-corrected chi connectivity index (χ2v) is 4.56. The molecule has 0 aromatic rings. The normalized spacial score (nSPS) is 26.7. The van der Waals surface area contributed by atoms with Gasteiger partial charge in [0.15, 0.2) is 0 Å². The van der Waals surface area contributed by atoms with E-state index in [1.54, 1.807) is 0 Å². The molecule has 0 aromatic carbocycles. The van der Waals surface area contributed by atoms with E-state index in [4.69, 9.17) is 10.5 Å². The average molecular weight is 228 g/mol. The number of hydrogen-bond acceptors (Lipinski definition) is 4. The Morgan fingerprint density at radius 1 is 1.44 bits per heavy atom. The molecule has 0 aliphatic carbocycles. The van der Waals surface area contributed by atoms with E-state index in [2.05, 4.69) is 11.8 Å². The molecule has 0 saturated carbocycles. The standard InChI is InChI=1S/C12H24N2O2/c1-3-14-8-10(7-11(13)9-14)5-6-12(15)16-4-2/h10-11H,3-9,13H2,1-2H3. The highest BCUT2D eigenvalue weighted by molar-refractivity contribution is 5.69. The molecule has 4 heteroatoms. The van der Waals surface area contributed by atoms with Gasteiger partial charge in [-0.1, -0.05) is 6.92 Å². The average Bonchev–Trinajstić information content (AvgIpc) is 2.26. The van der Waals surface area contributed by atoms with Crippen LogP contribution < -0.4 is 5.73 Å². The van der Waals surface area contributed by atoms with Gasteiger partial charge in [-0.05, 0) is 32.2 Å². The van der Waals surface area contributed by atoms with Crippen molar-refractivity contribution < 1.29 is 9.53 Å². The van der Waals surface area contributed by atoms with Gasteiger partial charge in [-0.15, -0.1) is 0 Å². The van der Waals surface area contributed by atoms with Crippen LogP contribution in [0.25, 0.3) is 0 Å². The van der Waals surface area contributed by atoms with Gasteiger partial charge in [0.25, 0.3) is 0 Å². The van der Waals surface area contributed by atoms with Crippen molar-refractivity contribution in [2.45, 2.75) is 39.2 Å². The molecule has 2 unspecified atom stereocenters. The van der Waals surface area contributed by atoms with Gasteiger partial charge in [0, 0.05) is 25.6 Å². The van der Waals surface area contributed by atoms with Crippen molar-refractivity contribution in [2.75, 3.05) is 26.2 Å². The van der Waals surface area contributed by atoms with E-state index in [1.165, 1.54) is 0 Å². The Kier molecular flexibility index (Phi) is 5.77. The van der Waals surface area contributed by atoms with Gasteiger partial charge in [-0.2, -0.15) is 0 Å². The first-order valence-electron chi connectivity index (χ1n) is 6.29. The summed E-state index contributed by atoms with van der Waals surface area (Å²) < 4.78 is 4.93. The number of carbonyl (C=O) groups is 1. The third kappa shape index (κ3) is 4.49. The molecular formula is C12H24N2O2. The first-order chi connectivity index (χ1) is 7.65. The predicted molar refractivity (Wildman–Crippen MR) is 64.1 cm³/mol. The lowest BCUT2D eigenvalue weighted by atomic mass is 9.91. The topological polar surface area (TPSA) is 55.6 Å². The van der Waals surface area contributed by atoms with Crippen LogP contribution in [0.5, 0.6) is 0 Å². The number of piperidine rings is 1. The first-order valence-corrected chi connectivity index (χ1v) is 6.29. The van der Waals surface area contributed by atoms with Crippen LogP contribution in [0, 0.1) is 5.92 Å². The van der Waals surface area contributed by atoms with Crippen LogP contribution in [-0.2, 0) is 9.53 Å². The Hall–Kier alpha value is -0.610. The summed E-state index contributed by atoms with van der Waals surface area (Å²) in [6.45, 7) is 7.58. The van der Waals surface area contributed by atoms with Crippen LogP contribution in [0.4, 0.5) is 0 Å². The van der Waals surface area contributed by atoms with E-state index >= 15 is 0 Å². The van der Waals surface area contributed by atoms with E-state index < -0.39 is 0 Å². The molecule has 0 bridgehead atoms. The Labute approximate surface area is 98.1 Å². The van der Waals surface area contributed by atoms with Gasteiger partial charge >= 0.3 is 5.97 Å². The summed E-state index contributed by atoms with van der Waals surface area (Å²) in [5, 5.41) is 0. The molecule has 1 heterocycles. The number of nitrogens with two attached hydrogens (primary N) is 1. The fourth-order valence-corrected chi connectivity index (χ4v) is 2.37. The Morgan fingerprint density at radius 2 is 2.19 bits per heavy atom. The van der Waals surface area contributed by atoms with Gasteiger partial charge in [0.2, 0.25) is 0 Å². The highest BCUT2D eigenvalue weighted by atomic mass is 16.5. The lowest BCUT2D eigenvalue weighted by Gasteiger charge is -2.35. The highest BCUT2D eigenvalue weighted by Crippen LogP contribution is 2.20. The molecular weight excluding hydrogens is 204 g/mol. The summed E-state index contributed by atoms with van der Waals surface area (Å²) in [4.78, 5) is 13.6. The van der Waals surface area contributed by atoms with Crippen molar-refractivity contribution in [1.82, 2.24) is 4.90 Å². The molecule has 2 atom stereocenters. The van der Waals surface area contributed by atoms with Gasteiger partial charge < -0.3 is 15.4 Å². The van der Waals surface area contributed by atoms with Crippen LogP contribution in [0.15, 0.2) is 0 Å². The SMILES string of the molecule is CCOC(=O)CCC1CC(N)CN(CC)C1. The van der Waals surface area contributed by atoms with Crippen molar-refractivity contribution in [2.24, 2.45) is 11.7 Å². The van der Waals surface area contributed by atoms with Crippen molar-refractivity contribution in [1.29, 1.82) is 0 Å². The molecule has 1 rings (SSSR count). The number of nitrogens with zero attached hydrogens (tertiary/aromatic N) is 1. The van der Waals surface area contributed by atoms with Crippen molar-refractivity contribution >= 4 is 5.97 Å². The molecule has 0 aromatic heterocycles. The maximum absolute atomic E-state index is 11.3. The molecule has 2 N–H and O–H groups in total. The fraction of sp³-hybridized carbons (Fsp3) is 0.917. The molecule has 4 nitrogen and oxygen atoms in total. The van der Waals surface area contributed by atoms with Crippen LogP contribution in [0.2, 0.25) is 0 Å². The molecule has 0 radical (unpaired) electrons. The third-order valence-electron chi connectivity index (χ3n) is 3.15. The number of esters is 1. The Balaban J connectivity index is 2.27. The maximum atomic E-state index is 11.3. The van der Waals surface area contributed by atoms with Crippen LogP contribution in [-0.4, -0.2) is 43.2 Å². The molecule has 1 aliphatic heterocycles. The van der Waals surface area contributed by atoms with E-state index in [-0.39, 0.29) is 12.0 Å².